The maximum atomic E-state index is 13.8. The van der Waals surface area contributed by atoms with Gasteiger partial charge in [0.2, 0.25) is 11.8 Å². The molecule has 0 heterocycles. The van der Waals surface area contributed by atoms with Crippen molar-refractivity contribution < 1.29 is 32.3 Å². The fourth-order valence-corrected chi connectivity index (χ4v) is 5.00. The molecule has 0 aliphatic heterocycles. The number of unbranched alkanes of at least 4 members (excludes halogenated alkanes) is 1. The van der Waals surface area contributed by atoms with Gasteiger partial charge in [-0.15, -0.1) is 0 Å². The summed E-state index contributed by atoms with van der Waals surface area (Å²) in [7, 11) is 1.53. The molecule has 6 nitrogen and oxygen atoms in total. The van der Waals surface area contributed by atoms with Crippen LogP contribution in [0.5, 0.6) is 0 Å². The van der Waals surface area contributed by atoms with Gasteiger partial charge in [-0.3, -0.25) is 14.4 Å². The number of nitrogens with one attached hydrogen (secondary N) is 2. The van der Waals surface area contributed by atoms with Crippen LogP contribution >= 0.6 is 0 Å². The maximum absolute atomic E-state index is 13.8. The van der Waals surface area contributed by atoms with Crippen LogP contribution < -0.4 is 10.6 Å². The average molecular weight is 619 g/mol. The summed E-state index contributed by atoms with van der Waals surface area (Å²) in [5, 5.41) is 5.59. The number of ether oxygens (including phenoxy) is 1. The minimum atomic E-state index is -4.39. The van der Waals surface area contributed by atoms with Gasteiger partial charge in [-0.05, 0) is 80.7 Å². The van der Waals surface area contributed by atoms with E-state index in [0.29, 0.717) is 24.8 Å². The van der Waals surface area contributed by atoms with Crippen molar-refractivity contribution in [3.05, 3.63) is 59.7 Å². The Bertz CT molecular complexity index is 1230. The molecule has 9 heteroatoms. The van der Waals surface area contributed by atoms with E-state index in [4.69, 9.17) is 4.74 Å². The number of likely N-dealkylation sites (N-methyl/N-ethyl adjacent to an activating group) is 1. The molecular weight excluding hydrogens is 569 g/mol. The van der Waals surface area contributed by atoms with Gasteiger partial charge in [-0.2, -0.15) is 13.2 Å². The average Bonchev–Trinajstić information content (AvgIpc) is 2.93. The molecule has 2 aromatic carbocycles. The zero-order valence-electron chi connectivity index (χ0n) is 27.4. The van der Waals surface area contributed by atoms with Crippen LogP contribution in [0.15, 0.2) is 48.5 Å². The smallest absolute Gasteiger partial charge is 0.416 e. The minimum absolute atomic E-state index is 0.287. The largest absolute Gasteiger partial charge is 0.460 e. The number of hydrogen-bond donors (Lipinski definition) is 2. The molecule has 3 atom stereocenters. The van der Waals surface area contributed by atoms with Crippen LogP contribution in [0.4, 0.5) is 13.2 Å². The molecule has 0 aliphatic carbocycles. The lowest BCUT2D eigenvalue weighted by molar-refractivity contribution is -0.161. The summed E-state index contributed by atoms with van der Waals surface area (Å²) < 4.78 is 44.6. The molecule has 2 amide bonds. The topological polar surface area (TPSA) is 84.5 Å². The van der Waals surface area contributed by atoms with Gasteiger partial charge in [0.15, 0.2) is 0 Å². The minimum Gasteiger partial charge on any atom is -0.460 e. The second-order valence-electron chi connectivity index (χ2n) is 13.5. The van der Waals surface area contributed by atoms with Gasteiger partial charge in [0.1, 0.15) is 11.6 Å². The number of halogens is 3. The van der Waals surface area contributed by atoms with Crippen molar-refractivity contribution in [2.75, 3.05) is 7.05 Å². The standard InChI is InChI=1S/C35H49F3N2O4/c1-9-10-11-27(32(43)44-34(5,6)7)22-26(30(41)40-29(31(42)39-8)33(2,3)4)17-14-23-12-15-24(16-13-23)25-18-20-28(21-19-25)35(36,37)38/h12-13,15-16,18-21,26-27,29H,9-11,14,17,22H2,1-8H3,(H,39,42)(H,40,41)/t26-,27+,29-/m1/s1. The first-order valence-corrected chi connectivity index (χ1v) is 15.4. The van der Waals surface area contributed by atoms with Gasteiger partial charge in [0.05, 0.1) is 11.5 Å². The van der Waals surface area contributed by atoms with Gasteiger partial charge in [-0.1, -0.05) is 76.9 Å². The van der Waals surface area contributed by atoms with E-state index in [9.17, 15) is 27.6 Å². The summed E-state index contributed by atoms with van der Waals surface area (Å²) in [4.78, 5) is 39.7. The van der Waals surface area contributed by atoms with Gasteiger partial charge >= 0.3 is 12.1 Å². The van der Waals surface area contributed by atoms with Crippen molar-refractivity contribution >= 4 is 17.8 Å². The lowest BCUT2D eigenvalue weighted by atomic mass is 9.83. The van der Waals surface area contributed by atoms with E-state index >= 15 is 0 Å². The number of hydrogen-bond acceptors (Lipinski definition) is 4. The zero-order chi connectivity index (χ0) is 33.3. The Morgan fingerprint density at radius 3 is 1.80 bits per heavy atom. The summed E-state index contributed by atoms with van der Waals surface area (Å²) in [6.07, 6.45) is -0.847. The monoisotopic (exact) mass is 618 g/mol. The van der Waals surface area contributed by atoms with E-state index in [-0.39, 0.29) is 24.2 Å². The number of rotatable bonds is 13. The van der Waals surface area contributed by atoms with Gasteiger partial charge in [-0.25, -0.2) is 0 Å². The summed E-state index contributed by atoms with van der Waals surface area (Å²) in [5.41, 5.74) is 0.488. The van der Waals surface area contributed by atoms with Crippen LogP contribution in [0.1, 0.15) is 91.7 Å². The van der Waals surface area contributed by atoms with Crippen molar-refractivity contribution in [2.45, 2.75) is 105 Å². The van der Waals surface area contributed by atoms with Crippen LogP contribution in [-0.2, 0) is 31.7 Å². The van der Waals surface area contributed by atoms with Crippen LogP contribution in [0.3, 0.4) is 0 Å². The SMILES string of the molecule is CCCC[C@@H](C[C@@H](CCc1ccc(-c2ccc(C(F)(F)F)cc2)cc1)C(=O)N[C@H](C(=O)NC)C(C)(C)C)C(=O)OC(C)(C)C. The molecule has 44 heavy (non-hydrogen) atoms. The predicted octanol–water partition coefficient (Wildman–Crippen LogP) is 7.74. The van der Waals surface area contributed by atoms with E-state index < -0.39 is 40.6 Å². The number of carbonyl (C=O) groups excluding carboxylic acids is 3. The molecule has 0 saturated carbocycles. The van der Waals surface area contributed by atoms with E-state index in [0.717, 1.165) is 36.1 Å². The van der Waals surface area contributed by atoms with Crippen molar-refractivity contribution in [1.29, 1.82) is 0 Å². The van der Waals surface area contributed by atoms with E-state index in [1.807, 2.05) is 72.7 Å². The maximum Gasteiger partial charge on any atom is 0.416 e. The Morgan fingerprint density at radius 1 is 0.795 bits per heavy atom. The molecular formula is C35H49F3N2O4. The molecule has 2 N–H and O–H groups in total. The number of benzene rings is 2. The molecule has 244 valence electrons. The molecule has 2 rings (SSSR count). The molecule has 0 unspecified atom stereocenters. The van der Waals surface area contributed by atoms with E-state index in [1.54, 1.807) is 0 Å². The molecule has 0 aliphatic rings. The van der Waals surface area contributed by atoms with Gasteiger partial charge in [0, 0.05) is 13.0 Å². The second kappa shape index (κ2) is 15.6. The summed E-state index contributed by atoms with van der Waals surface area (Å²) >= 11 is 0. The molecule has 0 fully saturated rings. The third-order valence-corrected chi connectivity index (χ3v) is 7.53. The molecule has 0 aromatic heterocycles. The number of amides is 2. The van der Waals surface area contributed by atoms with Crippen molar-refractivity contribution in [3.63, 3.8) is 0 Å². The molecule has 0 bridgehead atoms. The first-order valence-electron chi connectivity index (χ1n) is 15.4. The zero-order valence-corrected chi connectivity index (χ0v) is 27.4. The predicted molar refractivity (Wildman–Crippen MR) is 168 cm³/mol. The second-order valence-corrected chi connectivity index (χ2v) is 13.5. The quantitative estimate of drug-likeness (QED) is 0.225. The fraction of sp³-hybridized carbons (Fsp3) is 0.571. The molecule has 0 spiro atoms. The highest BCUT2D eigenvalue weighted by atomic mass is 19.4. The van der Waals surface area contributed by atoms with E-state index in [2.05, 4.69) is 10.6 Å². The van der Waals surface area contributed by atoms with Crippen LogP contribution in [0.2, 0.25) is 0 Å². The summed E-state index contributed by atoms with van der Waals surface area (Å²) in [5.74, 6) is -1.95. The molecule has 0 saturated heterocycles. The third kappa shape index (κ3) is 11.6. The molecule has 0 radical (unpaired) electrons. The third-order valence-electron chi connectivity index (χ3n) is 7.53. The number of esters is 1. The van der Waals surface area contributed by atoms with Crippen LogP contribution in [0, 0.1) is 17.3 Å². The van der Waals surface area contributed by atoms with Crippen LogP contribution in [-0.4, -0.2) is 36.5 Å². The highest BCUT2D eigenvalue weighted by Gasteiger charge is 2.36. The fourth-order valence-electron chi connectivity index (χ4n) is 5.00. The summed E-state index contributed by atoms with van der Waals surface area (Å²) in [6.45, 7) is 13.1. The Balaban J connectivity index is 2.30. The number of aryl methyl sites for hydroxylation is 1. The lowest BCUT2D eigenvalue weighted by Crippen LogP contribution is -2.54. The Labute approximate surface area is 260 Å². The van der Waals surface area contributed by atoms with Gasteiger partial charge in [0.25, 0.3) is 0 Å². The Morgan fingerprint density at radius 2 is 1.34 bits per heavy atom. The van der Waals surface area contributed by atoms with Crippen LogP contribution in [0.25, 0.3) is 11.1 Å². The van der Waals surface area contributed by atoms with Crippen molar-refractivity contribution in [2.24, 2.45) is 17.3 Å². The van der Waals surface area contributed by atoms with E-state index in [1.165, 1.54) is 19.2 Å². The number of alkyl halides is 3. The first-order chi connectivity index (χ1) is 20.4. The summed E-state index contributed by atoms with van der Waals surface area (Å²) in [6, 6.07) is 11.7. The van der Waals surface area contributed by atoms with Crippen molar-refractivity contribution in [3.8, 4) is 11.1 Å². The Kier molecular flexibility index (Phi) is 13.0. The highest BCUT2D eigenvalue weighted by Crippen LogP contribution is 2.32. The lowest BCUT2D eigenvalue weighted by Gasteiger charge is -2.32. The van der Waals surface area contributed by atoms with Crippen molar-refractivity contribution in [1.82, 2.24) is 10.6 Å². The first kappa shape index (κ1) is 36.8. The Hall–Kier alpha value is -3.36. The highest BCUT2D eigenvalue weighted by molar-refractivity contribution is 5.89. The normalized spacial score (nSPS) is 14.3. The van der Waals surface area contributed by atoms with Gasteiger partial charge < -0.3 is 15.4 Å². The molecule has 2 aromatic rings. The number of carbonyl (C=O) groups is 3.